The fraction of sp³-hybridized carbons (Fsp3) is 0.120. The molecule has 0 spiro atoms. The Bertz CT molecular complexity index is 1410. The second-order valence-electron chi connectivity index (χ2n) is 7.65. The first-order valence-electron chi connectivity index (χ1n) is 10.5. The summed E-state index contributed by atoms with van der Waals surface area (Å²) in [6, 6.07) is 16.4. The van der Waals surface area contributed by atoms with Gasteiger partial charge < -0.3 is 14.8 Å². The second-order valence-corrected chi connectivity index (χ2v) is 7.65. The Morgan fingerprint density at radius 2 is 1.79 bits per heavy atom. The quantitative estimate of drug-likeness (QED) is 0.413. The molecule has 2 heterocycles. The molecular weight excluding hydrogens is 422 g/mol. The number of amides is 2. The maximum atomic E-state index is 13.1. The zero-order chi connectivity index (χ0) is 23.1. The molecule has 164 valence electrons. The number of aromatic carboxylic acids is 1. The molecule has 0 radical (unpaired) electrons. The molecule has 2 N–H and O–H groups in total. The van der Waals surface area contributed by atoms with Gasteiger partial charge >= 0.3 is 5.97 Å². The van der Waals surface area contributed by atoms with Crippen molar-refractivity contribution in [2.24, 2.45) is 0 Å². The number of oxazole rings is 1. The van der Waals surface area contributed by atoms with Crippen LogP contribution in [0.15, 0.2) is 65.1 Å². The van der Waals surface area contributed by atoms with Crippen LogP contribution in [0.3, 0.4) is 0 Å². The third-order valence-corrected chi connectivity index (χ3v) is 5.48. The molecule has 5 rings (SSSR count). The largest absolute Gasteiger partial charge is 0.478 e. The van der Waals surface area contributed by atoms with Gasteiger partial charge in [-0.3, -0.25) is 9.59 Å². The summed E-state index contributed by atoms with van der Waals surface area (Å²) in [5, 5.41) is 12.6. The first-order chi connectivity index (χ1) is 16.0. The van der Waals surface area contributed by atoms with Gasteiger partial charge in [0.1, 0.15) is 5.52 Å². The highest BCUT2D eigenvalue weighted by atomic mass is 16.4. The van der Waals surface area contributed by atoms with Gasteiger partial charge in [-0.1, -0.05) is 19.1 Å². The molecule has 0 fully saturated rings. The number of benzene rings is 3. The fourth-order valence-electron chi connectivity index (χ4n) is 3.86. The van der Waals surface area contributed by atoms with Crippen molar-refractivity contribution in [2.75, 3.05) is 16.8 Å². The van der Waals surface area contributed by atoms with Crippen LogP contribution in [0.5, 0.6) is 0 Å². The third kappa shape index (κ3) is 3.41. The molecule has 2 amide bonds. The highest BCUT2D eigenvalue weighted by molar-refractivity contribution is 6.34. The van der Waals surface area contributed by atoms with Gasteiger partial charge in [-0.2, -0.15) is 0 Å². The van der Waals surface area contributed by atoms with Crippen LogP contribution in [0.2, 0.25) is 0 Å². The van der Waals surface area contributed by atoms with Crippen molar-refractivity contribution in [1.82, 2.24) is 4.98 Å². The van der Waals surface area contributed by atoms with E-state index in [2.05, 4.69) is 10.3 Å². The van der Waals surface area contributed by atoms with Crippen LogP contribution in [-0.2, 0) is 0 Å². The van der Waals surface area contributed by atoms with Crippen LogP contribution in [0.1, 0.15) is 44.4 Å². The van der Waals surface area contributed by atoms with Gasteiger partial charge in [0, 0.05) is 12.2 Å². The molecule has 4 aromatic rings. The number of carboxylic acid groups (broad SMARTS) is 1. The molecule has 1 aliphatic heterocycles. The number of anilines is 2. The molecule has 8 heteroatoms. The minimum Gasteiger partial charge on any atom is -0.478 e. The van der Waals surface area contributed by atoms with E-state index < -0.39 is 17.8 Å². The van der Waals surface area contributed by atoms with E-state index >= 15 is 0 Å². The van der Waals surface area contributed by atoms with Crippen molar-refractivity contribution in [2.45, 2.75) is 13.3 Å². The summed E-state index contributed by atoms with van der Waals surface area (Å²) in [5.41, 5.74) is 3.22. The monoisotopic (exact) mass is 441 g/mol. The van der Waals surface area contributed by atoms with Gasteiger partial charge in [-0.25, -0.2) is 14.7 Å². The van der Waals surface area contributed by atoms with Crippen molar-refractivity contribution in [3.05, 3.63) is 77.4 Å². The number of hydrogen-bond donors (Lipinski definition) is 2. The highest BCUT2D eigenvalue weighted by Gasteiger charge is 2.37. The Morgan fingerprint density at radius 3 is 2.55 bits per heavy atom. The lowest BCUT2D eigenvalue weighted by molar-refractivity contribution is 0.0696. The third-order valence-electron chi connectivity index (χ3n) is 5.48. The number of nitrogens with zero attached hydrogens (tertiary/aromatic N) is 2. The standard InChI is InChI=1S/C25H19N3O5/c1-2-11-26-19-10-8-15(13-18(19)22-27-20-5-3-4-6-21(20)33-22)28-23(29)16-9-7-14(25(31)32)12-17(16)24(28)30/h3-10,12-13,26H,2,11H2,1H3,(H,31,32). The average molecular weight is 441 g/mol. The molecule has 0 saturated carbocycles. The predicted molar refractivity (Wildman–Crippen MR) is 123 cm³/mol. The van der Waals surface area contributed by atoms with Crippen molar-refractivity contribution in [3.8, 4) is 11.5 Å². The minimum absolute atomic E-state index is 0.0528. The Kier molecular flexibility index (Phi) is 4.90. The highest BCUT2D eigenvalue weighted by Crippen LogP contribution is 2.36. The van der Waals surface area contributed by atoms with E-state index in [4.69, 9.17) is 4.42 Å². The number of carbonyl (C=O) groups is 3. The fourth-order valence-corrected chi connectivity index (χ4v) is 3.86. The Balaban J connectivity index is 1.60. The summed E-state index contributed by atoms with van der Waals surface area (Å²) in [6.07, 6.45) is 0.902. The topological polar surface area (TPSA) is 113 Å². The van der Waals surface area contributed by atoms with Crippen LogP contribution in [0.4, 0.5) is 11.4 Å². The van der Waals surface area contributed by atoms with E-state index in [-0.39, 0.29) is 16.7 Å². The van der Waals surface area contributed by atoms with Gasteiger partial charge in [-0.15, -0.1) is 0 Å². The number of rotatable bonds is 6. The first kappa shape index (κ1) is 20.4. The van der Waals surface area contributed by atoms with E-state index in [0.717, 1.165) is 23.6 Å². The lowest BCUT2D eigenvalue weighted by Gasteiger charge is -2.17. The molecule has 0 atom stereocenters. The van der Waals surface area contributed by atoms with E-state index in [1.807, 2.05) is 31.2 Å². The van der Waals surface area contributed by atoms with E-state index in [0.29, 0.717) is 28.2 Å². The zero-order valence-corrected chi connectivity index (χ0v) is 17.7. The zero-order valence-electron chi connectivity index (χ0n) is 17.7. The molecule has 8 nitrogen and oxygen atoms in total. The van der Waals surface area contributed by atoms with Gasteiger partial charge in [0.05, 0.1) is 27.9 Å². The molecule has 1 aromatic heterocycles. The molecular formula is C25H19N3O5. The lowest BCUT2D eigenvalue weighted by Crippen LogP contribution is -2.29. The van der Waals surface area contributed by atoms with Gasteiger partial charge in [0.15, 0.2) is 5.58 Å². The van der Waals surface area contributed by atoms with Crippen molar-refractivity contribution < 1.29 is 23.9 Å². The Hall–Kier alpha value is -4.46. The van der Waals surface area contributed by atoms with Crippen molar-refractivity contribution >= 4 is 40.3 Å². The van der Waals surface area contributed by atoms with Crippen LogP contribution in [0, 0.1) is 0 Å². The number of nitrogens with one attached hydrogen (secondary N) is 1. The van der Waals surface area contributed by atoms with Gasteiger partial charge in [-0.05, 0) is 55.0 Å². The molecule has 0 aliphatic carbocycles. The first-order valence-corrected chi connectivity index (χ1v) is 10.5. The predicted octanol–water partition coefficient (Wildman–Crippen LogP) is 4.82. The number of hydrogen-bond acceptors (Lipinski definition) is 6. The number of carbonyl (C=O) groups excluding carboxylic acids is 2. The molecule has 1 aliphatic rings. The average Bonchev–Trinajstić information content (AvgIpc) is 3.36. The summed E-state index contributed by atoms with van der Waals surface area (Å²) in [7, 11) is 0. The SMILES string of the molecule is CCCNc1ccc(N2C(=O)c3ccc(C(=O)O)cc3C2=O)cc1-c1nc2ccccc2o1. The molecule has 3 aromatic carbocycles. The second kappa shape index (κ2) is 7.90. The smallest absolute Gasteiger partial charge is 0.335 e. The summed E-state index contributed by atoms with van der Waals surface area (Å²) in [6.45, 7) is 2.77. The van der Waals surface area contributed by atoms with Crippen LogP contribution >= 0.6 is 0 Å². The summed E-state index contributed by atoms with van der Waals surface area (Å²) in [5.74, 6) is -1.89. The van der Waals surface area contributed by atoms with Crippen molar-refractivity contribution in [3.63, 3.8) is 0 Å². The Morgan fingerprint density at radius 1 is 1.00 bits per heavy atom. The van der Waals surface area contributed by atoms with Gasteiger partial charge in [0.2, 0.25) is 5.89 Å². The van der Waals surface area contributed by atoms with Crippen LogP contribution in [0.25, 0.3) is 22.6 Å². The van der Waals surface area contributed by atoms with Gasteiger partial charge in [0.25, 0.3) is 11.8 Å². The van der Waals surface area contributed by atoms with Crippen molar-refractivity contribution in [1.29, 1.82) is 0 Å². The normalized spacial score (nSPS) is 12.9. The number of imide groups is 1. The van der Waals surface area contributed by atoms with Crippen LogP contribution < -0.4 is 10.2 Å². The summed E-state index contributed by atoms with van der Waals surface area (Å²) in [4.78, 5) is 43.0. The molecule has 0 bridgehead atoms. The lowest BCUT2D eigenvalue weighted by atomic mass is 10.1. The maximum absolute atomic E-state index is 13.1. The Labute approximate surface area is 188 Å². The van der Waals surface area contributed by atoms with Crippen LogP contribution in [-0.4, -0.2) is 34.4 Å². The number of para-hydroxylation sites is 2. The van der Waals surface area contributed by atoms with E-state index in [1.54, 1.807) is 18.2 Å². The summed E-state index contributed by atoms with van der Waals surface area (Å²) < 4.78 is 5.95. The maximum Gasteiger partial charge on any atom is 0.335 e. The van der Waals surface area contributed by atoms with E-state index in [9.17, 15) is 19.5 Å². The molecule has 0 unspecified atom stereocenters. The number of carboxylic acids is 1. The van der Waals surface area contributed by atoms with E-state index in [1.165, 1.54) is 18.2 Å². The summed E-state index contributed by atoms with van der Waals surface area (Å²) >= 11 is 0. The number of fused-ring (bicyclic) bond motifs is 2. The number of aromatic nitrogens is 1. The molecule has 33 heavy (non-hydrogen) atoms. The molecule has 0 saturated heterocycles. The minimum atomic E-state index is -1.17.